The van der Waals surface area contributed by atoms with Gasteiger partial charge in [-0.3, -0.25) is 4.90 Å². The molecule has 1 aromatic heterocycles. The summed E-state index contributed by atoms with van der Waals surface area (Å²) in [5, 5.41) is 26.0. The number of piperazine rings is 1. The van der Waals surface area contributed by atoms with Gasteiger partial charge in [-0.05, 0) is 49.5 Å². The lowest BCUT2D eigenvalue weighted by Gasteiger charge is -2.57. The van der Waals surface area contributed by atoms with Crippen molar-refractivity contribution in [2.45, 2.75) is 18.5 Å². The van der Waals surface area contributed by atoms with Gasteiger partial charge in [0.15, 0.2) is 5.82 Å². The van der Waals surface area contributed by atoms with Crippen molar-refractivity contribution in [3.8, 4) is 17.0 Å². The quantitative estimate of drug-likeness (QED) is 0.729. The van der Waals surface area contributed by atoms with E-state index >= 15 is 0 Å². The summed E-state index contributed by atoms with van der Waals surface area (Å²) in [5.74, 6) is 2.78. The standard InChI is InChI=1S/C21H26N6O/c28-19-4-2-1-3-16(19)17-8-18-21(25-24-17)23-11-15-12-26(5-6-27(15)18)20-13-7-14(20)10-22-9-13/h1-4,8,13-15,20,22,28H,5-7,9-12H2,(H,23,25). The van der Waals surface area contributed by atoms with Crippen LogP contribution in [0.25, 0.3) is 11.3 Å². The molecule has 3 atom stereocenters. The largest absolute Gasteiger partial charge is 0.507 e. The minimum Gasteiger partial charge on any atom is -0.507 e. The maximum atomic E-state index is 10.2. The SMILES string of the molecule is Oc1ccccc1-c1cc2c(nn1)NCC1CN(C3C4CNCC3C4)CCN21. The summed E-state index contributed by atoms with van der Waals surface area (Å²) in [7, 11) is 0. The molecule has 3 N–H and O–H groups in total. The van der Waals surface area contributed by atoms with Gasteiger partial charge in [-0.15, -0.1) is 10.2 Å². The van der Waals surface area contributed by atoms with Crippen LogP contribution in [-0.4, -0.2) is 71.6 Å². The van der Waals surface area contributed by atoms with Crippen molar-refractivity contribution in [1.82, 2.24) is 20.4 Å². The van der Waals surface area contributed by atoms with E-state index in [2.05, 4.69) is 36.7 Å². The fourth-order valence-electron chi connectivity index (χ4n) is 5.72. The molecule has 6 rings (SSSR count). The zero-order valence-corrected chi connectivity index (χ0v) is 15.9. The predicted octanol–water partition coefficient (Wildman–Crippen LogP) is 1.37. The van der Waals surface area contributed by atoms with Gasteiger partial charge in [-0.25, -0.2) is 0 Å². The molecular weight excluding hydrogens is 352 g/mol. The van der Waals surface area contributed by atoms with Gasteiger partial charge in [0.2, 0.25) is 0 Å². The molecular formula is C21H26N6O. The van der Waals surface area contributed by atoms with Gasteiger partial charge in [0.05, 0.1) is 17.4 Å². The second-order valence-electron chi connectivity index (χ2n) is 8.61. The van der Waals surface area contributed by atoms with E-state index in [1.165, 1.54) is 19.5 Å². The maximum Gasteiger partial charge on any atom is 0.172 e. The Kier molecular flexibility index (Phi) is 3.74. The van der Waals surface area contributed by atoms with Crippen LogP contribution in [0.4, 0.5) is 11.5 Å². The van der Waals surface area contributed by atoms with Crippen LogP contribution in [0.1, 0.15) is 6.42 Å². The molecule has 7 nitrogen and oxygen atoms in total. The molecule has 28 heavy (non-hydrogen) atoms. The van der Waals surface area contributed by atoms with Crippen molar-refractivity contribution in [3.63, 3.8) is 0 Å². The second kappa shape index (κ2) is 6.32. The summed E-state index contributed by atoms with van der Waals surface area (Å²) in [6.07, 6.45) is 1.41. The summed E-state index contributed by atoms with van der Waals surface area (Å²) in [4.78, 5) is 5.24. The highest BCUT2D eigenvalue weighted by Crippen LogP contribution is 2.42. The number of benzene rings is 1. The number of fused-ring (bicyclic) bond motifs is 5. The molecule has 3 fully saturated rings. The first-order chi connectivity index (χ1) is 13.8. The molecule has 0 amide bonds. The first-order valence-electron chi connectivity index (χ1n) is 10.4. The van der Waals surface area contributed by atoms with Crippen LogP contribution < -0.4 is 15.5 Å². The maximum absolute atomic E-state index is 10.2. The van der Waals surface area contributed by atoms with E-state index in [9.17, 15) is 5.11 Å². The number of rotatable bonds is 2. The van der Waals surface area contributed by atoms with E-state index in [-0.39, 0.29) is 5.75 Å². The number of nitrogens with zero attached hydrogens (tertiary/aromatic N) is 4. The molecule has 3 aliphatic heterocycles. The number of anilines is 2. The van der Waals surface area contributed by atoms with Crippen molar-refractivity contribution in [2.75, 3.05) is 49.5 Å². The number of aromatic nitrogens is 2. The molecule has 1 aromatic carbocycles. The summed E-state index contributed by atoms with van der Waals surface area (Å²) < 4.78 is 0. The van der Waals surface area contributed by atoms with Crippen molar-refractivity contribution in [3.05, 3.63) is 30.3 Å². The fourth-order valence-corrected chi connectivity index (χ4v) is 5.72. The van der Waals surface area contributed by atoms with E-state index in [0.29, 0.717) is 6.04 Å². The van der Waals surface area contributed by atoms with Gasteiger partial charge in [0.1, 0.15) is 5.75 Å². The molecule has 146 valence electrons. The van der Waals surface area contributed by atoms with Gasteiger partial charge in [-0.2, -0.15) is 0 Å². The highest BCUT2D eigenvalue weighted by atomic mass is 16.3. The van der Waals surface area contributed by atoms with Crippen LogP contribution in [-0.2, 0) is 0 Å². The van der Waals surface area contributed by atoms with Crippen LogP contribution in [0.5, 0.6) is 5.75 Å². The zero-order valence-electron chi connectivity index (χ0n) is 15.9. The first-order valence-corrected chi connectivity index (χ1v) is 10.4. The zero-order chi connectivity index (χ0) is 18.7. The average molecular weight is 378 g/mol. The number of piperidine rings is 2. The molecule has 2 saturated heterocycles. The molecule has 2 aromatic rings. The van der Waals surface area contributed by atoms with Crippen molar-refractivity contribution < 1.29 is 5.11 Å². The molecule has 4 aliphatic rings. The monoisotopic (exact) mass is 378 g/mol. The Morgan fingerprint density at radius 1 is 1.04 bits per heavy atom. The second-order valence-corrected chi connectivity index (χ2v) is 8.61. The first kappa shape index (κ1) is 16.6. The number of hydrogen-bond donors (Lipinski definition) is 3. The Hall–Kier alpha value is -2.38. The normalized spacial score (nSPS) is 31.4. The topological polar surface area (TPSA) is 76.5 Å². The third-order valence-corrected chi connectivity index (χ3v) is 7.09. The summed E-state index contributed by atoms with van der Waals surface area (Å²) in [6, 6.07) is 10.6. The number of hydrogen-bond acceptors (Lipinski definition) is 7. The van der Waals surface area contributed by atoms with Gasteiger partial charge < -0.3 is 20.6 Å². The van der Waals surface area contributed by atoms with Crippen molar-refractivity contribution in [2.24, 2.45) is 11.8 Å². The van der Waals surface area contributed by atoms with Crippen LogP contribution in [0.2, 0.25) is 0 Å². The molecule has 0 spiro atoms. The van der Waals surface area contributed by atoms with Crippen LogP contribution in [0.15, 0.2) is 30.3 Å². The van der Waals surface area contributed by atoms with E-state index < -0.39 is 0 Å². The Labute approximate surface area is 164 Å². The van der Waals surface area contributed by atoms with Crippen molar-refractivity contribution >= 4 is 11.5 Å². The number of nitrogens with one attached hydrogen (secondary N) is 2. The highest BCUT2D eigenvalue weighted by Gasteiger charge is 2.48. The van der Waals surface area contributed by atoms with Crippen LogP contribution in [0.3, 0.4) is 0 Å². The highest BCUT2D eigenvalue weighted by molar-refractivity contribution is 5.76. The lowest BCUT2D eigenvalue weighted by atomic mass is 9.66. The van der Waals surface area contributed by atoms with Crippen molar-refractivity contribution in [1.29, 1.82) is 0 Å². The van der Waals surface area contributed by atoms with Gasteiger partial charge in [0, 0.05) is 37.8 Å². The fraction of sp³-hybridized carbons (Fsp3) is 0.524. The van der Waals surface area contributed by atoms with E-state index in [0.717, 1.165) is 66.8 Å². The Morgan fingerprint density at radius 2 is 1.89 bits per heavy atom. The molecule has 4 heterocycles. The van der Waals surface area contributed by atoms with Crippen LogP contribution in [0, 0.1) is 11.8 Å². The lowest BCUT2D eigenvalue weighted by Crippen LogP contribution is -2.68. The third kappa shape index (κ3) is 2.49. The smallest absolute Gasteiger partial charge is 0.172 e. The van der Waals surface area contributed by atoms with Gasteiger partial charge in [0.25, 0.3) is 0 Å². The number of para-hydroxylation sites is 1. The van der Waals surface area contributed by atoms with Gasteiger partial charge in [-0.1, -0.05) is 12.1 Å². The Bertz CT molecular complexity index is 890. The number of phenols is 1. The molecule has 0 radical (unpaired) electrons. The minimum atomic E-state index is 0.243. The third-order valence-electron chi connectivity index (χ3n) is 7.09. The molecule has 3 unspecified atom stereocenters. The molecule has 2 bridgehead atoms. The average Bonchev–Trinajstić information content (AvgIpc) is 2.74. The van der Waals surface area contributed by atoms with Gasteiger partial charge >= 0.3 is 0 Å². The number of phenolic OH excluding ortho intramolecular Hbond substituents is 1. The van der Waals surface area contributed by atoms with E-state index in [1.807, 2.05) is 18.2 Å². The Morgan fingerprint density at radius 3 is 2.71 bits per heavy atom. The summed E-state index contributed by atoms with van der Waals surface area (Å²) in [6.45, 7) is 6.53. The van der Waals surface area contributed by atoms with E-state index in [1.54, 1.807) is 6.07 Å². The Balaban J connectivity index is 1.26. The minimum absolute atomic E-state index is 0.243. The molecule has 7 heteroatoms. The van der Waals surface area contributed by atoms with E-state index in [4.69, 9.17) is 0 Å². The molecule has 1 aliphatic carbocycles. The van der Waals surface area contributed by atoms with Crippen LogP contribution >= 0.6 is 0 Å². The summed E-state index contributed by atoms with van der Waals surface area (Å²) >= 11 is 0. The lowest BCUT2D eigenvalue weighted by molar-refractivity contribution is -0.0339. The predicted molar refractivity (Wildman–Crippen MR) is 109 cm³/mol. The summed E-state index contributed by atoms with van der Waals surface area (Å²) in [5.41, 5.74) is 2.56. The number of aromatic hydroxyl groups is 1. The molecule has 1 saturated carbocycles.